The zero-order valence-corrected chi connectivity index (χ0v) is 11.1. The lowest BCUT2D eigenvalue weighted by Gasteiger charge is -2.09. The van der Waals surface area contributed by atoms with Gasteiger partial charge in [0.2, 0.25) is 0 Å². The molecule has 1 aromatic rings. The molecule has 90 valence electrons. The minimum Gasteiger partial charge on any atom is -0.340 e. The van der Waals surface area contributed by atoms with Crippen molar-refractivity contribution in [3.8, 4) is 0 Å². The van der Waals surface area contributed by atoms with Gasteiger partial charge >= 0.3 is 0 Å². The normalized spacial score (nSPS) is 21.4. The van der Waals surface area contributed by atoms with Crippen LogP contribution in [0.5, 0.6) is 0 Å². The van der Waals surface area contributed by atoms with Crippen LogP contribution in [0.3, 0.4) is 0 Å². The van der Waals surface area contributed by atoms with Gasteiger partial charge in [-0.15, -0.1) is 0 Å². The van der Waals surface area contributed by atoms with Crippen molar-refractivity contribution in [2.75, 3.05) is 6.54 Å². The molecule has 0 spiro atoms. The van der Waals surface area contributed by atoms with Crippen molar-refractivity contribution in [1.29, 1.82) is 0 Å². The Morgan fingerprint density at radius 2 is 2.18 bits per heavy atom. The predicted octanol–water partition coefficient (Wildman–Crippen LogP) is 1.98. The Hall–Kier alpha value is -1.36. The van der Waals surface area contributed by atoms with Crippen LogP contribution in [-0.2, 0) is 4.79 Å². The summed E-state index contributed by atoms with van der Waals surface area (Å²) in [6, 6.07) is 7.32. The number of nitrogens with one attached hydrogen (secondary N) is 2. The van der Waals surface area contributed by atoms with E-state index in [4.69, 9.17) is 0 Å². The molecule has 1 unspecified atom stereocenters. The van der Waals surface area contributed by atoms with E-state index in [1.807, 2.05) is 31.2 Å². The van der Waals surface area contributed by atoms with Gasteiger partial charge in [0.25, 0.3) is 5.91 Å². The molecule has 0 saturated carbocycles. The highest BCUT2D eigenvalue weighted by atomic mass is 79.9. The van der Waals surface area contributed by atoms with Crippen LogP contribution in [0.4, 0.5) is 0 Å². The maximum atomic E-state index is 11.8. The Morgan fingerprint density at radius 3 is 2.88 bits per heavy atom. The number of amides is 1. The Kier molecular flexibility index (Phi) is 3.78. The molecule has 1 aromatic carbocycles. The maximum Gasteiger partial charge on any atom is 0.253 e. The number of benzene rings is 1. The molecule has 2 N–H and O–H groups in total. The largest absolute Gasteiger partial charge is 0.340 e. The van der Waals surface area contributed by atoms with Crippen LogP contribution in [0.25, 0.3) is 0 Å². The molecule has 0 bridgehead atoms. The Bertz CT molecular complexity index is 459. The molecule has 1 aliphatic rings. The number of rotatable bonds is 3. The van der Waals surface area contributed by atoms with Gasteiger partial charge in [0, 0.05) is 11.0 Å². The second-order valence-corrected chi connectivity index (χ2v) is 4.67. The van der Waals surface area contributed by atoms with Crippen molar-refractivity contribution in [2.45, 2.75) is 19.4 Å². The summed E-state index contributed by atoms with van der Waals surface area (Å²) >= 11 is 3.45. The number of aliphatic imine (C=N–C) groups is 1. The van der Waals surface area contributed by atoms with E-state index in [-0.39, 0.29) is 11.9 Å². The molecule has 2 rings (SSSR count). The summed E-state index contributed by atoms with van der Waals surface area (Å²) < 4.78 is 0.921. The van der Waals surface area contributed by atoms with E-state index in [1.54, 1.807) is 0 Å². The van der Waals surface area contributed by atoms with Gasteiger partial charge in [0.1, 0.15) is 6.04 Å². The molecule has 0 aliphatic carbocycles. The molecule has 1 amide bonds. The molecule has 1 heterocycles. The third kappa shape index (κ3) is 2.66. The first-order valence-corrected chi connectivity index (χ1v) is 6.38. The number of carbonyl (C=O) groups is 1. The Morgan fingerprint density at radius 1 is 1.41 bits per heavy atom. The number of carbonyl (C=O) groups excluding carboxylic acids is 1. The number of nitrogens with zero attached hydrogens (tertiary/aromatic N) is 1. The third-order valence-electron chi connectivity index (χ3n) is 2.49. The van der Waals surface area contributed by atoms with Gasteiger partial charge in [-0.3, -0.25) is 15.1 Å². The first kappa shape index (κ1) is 12.1. The van der Waals surface area contributed by atoms with E-state index in [0.29, 0.717) is 12.5 Å². The van der Waals surface area contributed by atoms with Crippen molar-refractivity contribution < 1.29 is 4.79 Å². The Labute approximate surface area is 109 Å². The van der Waals surface area contributed by atoms with Crippen molar-refractivity contribution >= 4 is 27.8 Å². The van der Waals surface area contributed by atoms with E-state index in [1.165, 1.54) is 0 Å². The molecular weight excluding hydrogens is 282 g/mol. The highest BCUT2D eigenvalue weighted by molar-refractivity contribution is 9.10. The number of hydrogen-bond acceptors (Lipinski definition) is 2. The molecule has 0 radical (unpaired) electrons. The van der Waals surface area contributed by atoms with Gasteiger partial charge in [-0.05, 0) is 18.1 Å². The fraction of sp³-hybridized carbons (Fsp3) is 0.333. The number of hydrogen-bond donors (Lipinski definition) is 2. The van der Waals surface area contributed by atoms with E-state index in [9.17, 15) is 4.79 Å². The maximum absolute atomic E-state index is 11.8. The van der Waals surface area contributed by atoms with Gasteiger partial charge in [-0.25, -0.2) is 0 Å². The third-order valence-corrected chi connectivity index (χ3v) is 3.22. The predicted molar refractivity (Wildman–Crippen MR) is 70.8 cm³/mol. The zero-order chi connectivity index (χ0) is 12.3. The van der Waals surface area contributed by atoms with Gasteiger partial charge in [-0.2, -0.15) is 0 Å². The van der Waals surface area contributed by atoms with Crippen molar-refractivity contribution in [3.05, 3.63) is 34.3 Å². The zero-order valence-electron chi connectivity index (χ0n) is 9.53. The van der Waals surface area contributed by atoms with Gasteiger partial charge in [0.15, 0.2) is 5.96 Å². The lowest BCUT2D eigenvalue weighted by Crippen LogP contribution is -2.25. The average molecular weight is 296 g/mol. The van der Waals surface area contributed by atoms with E-state index in [0.717, 1.165) is 16.5 Å². The van der Waals surface area contributed by atoms with Gasteiger partial charge in [0.05, 0.1) is 0 Å². The summed E-state index contributed by atoms with van der Waals surface area (Å²) in [4.78, 5) is 16.1. The molecular formula is C12H14BrN3O. The summed E-state index contributed by atoms with van der Waals surface area (Å²) in [6.45, 7) is 2.76. The number of guanidine groups is 1. The number of halogens is 1. The quantitative estimate of drug-likeness (QED) is 0.896. The van der Waals surface area contributed by atoms with Crippen LogP contribution < -0.4 is 10.6 Å². The molecule has 4 nitrogen and oxygen atoms in total. The lowest BCUT2D eigenvalue weighted by atomic mass is 10.1. The van der Waals surface area contributed by atoms with E-state index < -0.39 is 0 Å². The fourth-order valence-electron chi connectivity index (χ4n) is 1.66. The van der Waals surface area contributed by atoms with Crippen LogP contribution >= 0.6 is 15.9 Å². The summed E-state index contributed by atoms with van der Waals surface area (Å²) in [5.41, 5.74) is 0.923. The summed E-state index contributed by atoms with van der Waals surface area (Å²) in [7, 11) is 0. The molecule has 1 fully saturated rings. The fourth-order valence-corrected chi connectivity index (χ4v) is 2.18. The average Bonchev–Trinajstić information content (AvgIpc) is 2.68. The van der Waals surface area contributed by atoms with Crippen molar-refractivity contribution in [3.63, 3.8) is 0 Å². The van der Waals surface area contributed by atoms with Crippen LogP contribution in [0, 0.1) is 0 Å². The van der Waals surface area contributed by atoms with Crippen LogP contribution in [0.2, 0.25) is 0 Å². The minimum atomic E-state index is -0.360. The summed E-state index contributed by atoms with van der Waals surface area (Å²) in [5, 5.41) is 5.84. The molecule has 5 heteroatoms. The first-order chi connectivity index (χ1) is 8.22. The molecule has 1 saturated heterocycles. The summed E-state index contributed by atoms with van der Waals surface area (Å²) in [5.74, 6) is 0.504. The second-order valence-electron chi connectivity index (χ2n) is 3.82. The highest BCUT2D eigenvalue weighted by Gasteiger charge is 2.30. The molecule has 1 aliphatic heterocycles. The lowest BCUT2D eigenvalue weighted by molar-refractivity contribution is -0.120. The van der Waals surface area contributed by atoms with Crippen molar-refractivity contribution in [1.82, 2.24) is 10.6 Å². The molecule has 0 aromatic heterocycles. The van der Waals surface area contributed by atoms with Gasteiger partial charge in [-0.1, -0.05) is 41.1 Å². The van der Waals surface area contributed by atoms with E-state index in [2.05, 4.69) is 31.6 Å². The van der Waals surface area contributed by atoms with Crippen LogP contribution in [0.1, 0.15) is 24.9 Å². The highest BCUT2D eigenvalue weighted by Crippen LogP contribution is 2.24. The van der Waals surface area contributed by atoms with Crippen LogP contribution in [-0.4, -0.2) is 18.4 Å². The monoisotopic (exact) mass is 295 g/mol. The molecule has 17 heavy (non-hydrogen) atoms. The molecule has 1 atom stereocenters. The topological polar surface area (TPSA) is 53.5 Å². The van der Waals surface area contributed by atoms with Crippen molar-refractivity contribution in [2.24, 2.45) is 4.99 Å². The Balaban J connectivity index is 2.19. The van der Waals surface area contributed by atoms with Crippen LogP contribution in [0.15, 0.2) is 33.7 Å². The minimum absolute atomic E-state index is 0.0632. The second kappa shape index (κ2) is 5.31. The first-order valence-electron chi connectivity index (χ1n) is 5.58. The summed E-state index contributed by atoms with van der Waals surface area (Å²) in [6.07, 6.45) is 0.959. The standard InChI is InChI=1S/C12H14BrN3O/c1-2-7-14-12-15-10(11(17)16-12)8-5-3-4-6-9(8)13/h3-6,10H,2,7H2,1H3,(H2,14,15,16,17). The SMILES string of the molecule is CCCN=C1NC(=O)C(c2ccccc2Br)N1. The van der Waals surface area contributed by atoms with Gasteiger partial charge < -0.3 is 5.32 Å². The van der Waals surface area contributed by atoms with E-state index >= 15 is 0 Å². The smallest absolute Gasteiger partial charge is 0.253 e.